The van der Waals surface area contributed by atoms with E-state index >= 15 is 0 Å². The molecule has 2 aromatic rings. The van der Waals surface area contributed by atoms with Gasteiger partial charge >= 0.3 is 5.97 Å². The third kappa shape index (κ3) is 2.10. The van der Waals surface area contributed by atoms with Crippen LogP contribution in [0.5, 0.6) is 0 Å². The molecule has 0 spiro atoms. The third-order valence-corrected chi connectivity index (χ3v) is 2.37. The highest BCUT2D eigenvalue weighted by Gasteiger charge is 2.09. The van der Waals surface area contributed by atoms with Gasteiger partial charge in [-0.1, -0.05) is 5.21 Å². The third-order valence-electron chi connectivity index (χ3n) is 1.65. The molecule has 0 aromatic carbocycles. The summed E-state index contributed by atoms with van der Waals surface area (Å²) in [5.41, 5.74) is 6.10. The zero-order valence-electron chi connectivity index (χ0n) is 7.49. The molecule has 7 nitrogen and oxygen atoms in total. The van der Waals surface area contributed by atoms with Gasteiger partial charge in [0.15, 0.2) is 10.8 Å². The Balaban J connectivity index is 2.14. The SMILES string of the molecule is Nc1nc(Cn2cc(C(=O)O)nn2)cs1. The minimum Gasteiger partial charge on any atom is -0.476 e. The van der Waals surface area contributed by atoms with Crippen molar-refractivity contribution in [3.63, 3.8) is 0 Å². The summed E-state index contributed by atoms with van der Waals surface area (Å²) in [6.45, 7) is 0.369. The van der Waals surface area contributed by atoms with Gasteiger partial charge < -0.3 is 10.8 Å². The lowest BCUT2D eigenvalue weighted by Gasteiger charge is -1.93. The minimum atomic E-state index is -1.10. The van der Waals surface area contributed by atoms with Crippen LogP contribution in [-0.2, 0) is 6.54 Å². The Morgan fingerprint density at radius 1 is 1.67 bits per heavy atom. The number of nitrogens with two attached hydrogens (primary N) is 1. The molecular weight excluding hydrogens is 218 g/mol. The molecular formula is C7H7N5O2S. The fraction of sp³-hybridized carbons (Fsp3) is 0.143. The first-order valence-corrected chi connectivity index (χ1v) is 4.86. The molecule has 0 aliphatic carbocycles. The second-order valence-corrected chi connectivity index (χ2v) is 3.67. The molecule has 2 rings (SSSR count). The molecule has 2 heterocycles. The summed E-state index contributed by atoms with van der Waals surface area (Å²) in [4.78, 5) is 14.5. The number of nitrogens with zero attached hydrogens (tertiary/aromatic N) is 4. The lowest BCUT2D eigenvalue weighted by Crippen LogP contribution is -2.01. The van der Waals surface area contributed by atoms with Crippen LogP contribution in [0.2, 0.25) is 0 Å². The largest absolute Gasteiger partial charge is 0.476 e. The summed E-state index contributed by atoms with van der Waals surface area (Å²) in [7, 11) is 0. The Labute approximate surface area is 88.2 Å². The minimum absolute atomic E-state index is 0.0850. The number of carbonyl (C=O) groups is 1. The second-order valence-electron chi connectivity index (χ2n) is 2.78. The van der Waals surface area contributed by atoms with Gasteiger partial charge in [-0.25, -0.2) is 14.5 Å². The van der Waals surface area contributed by atoms with Crippen LogP contribution >= 0.6 is 11.3 Å². The first kappa shape index (κ1) is 9.59. The Hall–Kier alpha value is -1.96. The number of aromatic carboxylic acids is 1. The van der Waals surface area contributed by atoms with Gasteiger partial charge in [0.1, 0.15) is 0 Å². The van der Waals surface area contributed by atoms with Crippen molar-refractivity contribution >= 4 is 22.4 Å². The maximum atomic E-state index is 10.5. The monoisotopic (exact) mass is 225 g/mol. The summed E-state index contributed by atoms with van der Waals surface area (Å²) in [5.74, 6) is -1.10. The average molecular weight is 225 g/mol. The lowest BCUT2D eigenvalue weighted by molar-refractivity contribution is 0.0690. The standard InChI is InChI=1S/C7H7N5O2S/c8-7-9-4(3-15-7)1-12-2-5(6(13)14)10-11-12/h2-3H,1H2,(H2,8,9)(H,13,14). The smallest absolute Gasteiger partial charge is 0.358 e. The Bertz CT molecular complexity index is 491. The number of rotatable bonds is 3. The van der Waals surface area contributed by atoms with Crippen molar-refractivity contribution in [1.82, 2.24) is 20.0 Å². The van der Waals surface area contributed by atoms with Crippen molar-refractivity contribution in [3.05, 3.63) is 23.0 Å². The van der Waals surface area contributed by atoms with E-state index in [1.54, 1.807) is 5.38 Å². The molecule has 0 amide bonds. The van der Waals surface area contributed by atoms with Crippen LogP contribution in [0.3, 0.4) is 0 Å². The second kappa shape index (κ2) is 3.65. The van der Waals surface area contributed by atoms with Gasteiger partial charge in [0.25, 0.3) is 0 Å². The molecule has 0 radical (unpaired) electrons. The molecule has 2 aromatic heterocycles. The van der Waals surface area contributed by atoms with Crippen LogP contribution in [0.4, 0.5) is 5.13 Å². The van der Waals surface area contributed by atoms with E-state index in [2.05, 4.69) is 15.3 Å². The number of hydrogen-bond donors (Lipinski definition) is 2. The lowest BCUT2D eigenvalue weighted by atomic mass is 10.4. The van der Waals surface area contributed by atoms with E-state index in [9.17, 15) is 4.79 Å². The molecule has 78 valence electrons. The van der Waals surface area contributed by atoms with E-state index in [-0.39, 0.29) is 5.69 Å². The number of thiazole rings is 1. The van der Waals surface area contributed by atoms with Crippen LogP contribution in [0.25, 0.3) is 0 Å². The van der Waals surface area contributed by atoms with E-state index in [1.807, 2.05) is 0 Å². The zero-order chi connectivity index (χ0) is 10.8. The highest BCUT2D eigenvalue weighted by molar-refractivity contribution is 7.13. The molecule has 0 aliphatic heterocycles. The molecule has 0 aliphatic rings. The van der Waals surface area contributed by atoms with Crippen molar-refractivity contribution in [2.24, 2.45) is 0 Å². The van der Waals surface area contributed by atoms with Crippen molar-refractivity contribution in [2.45, 2.75) is 6.54 Å². The van der Waals surface area contributed by atoms with E-state index in [0.29, 0.717) is 11.7 Å². The van der Waals surface area contributed by atoms with Crippen LogP contribution in [0.1, 0.15) is 16.2 Å². The zero-order valence-corrected chi connectivity index (χ0v) is 8.31. The van der Waals surface area contributed by atoms with Gasteiger partial charge in [0.2, 0.25) is 0 Å². The van der Waals surface area contributed by atoms with E-state index in [0.717, 1.165) is 5.69 Å². The maximum absolute atomic E-state index is 10.5. The van der Waals surface area contributed by atoms with Crippen LogP contribution in [0, 0.1) is 0 Å². The number of hydrogen-bond acceptors (Lipinski definition) is 6. The fourth-order valence-electron chi connectivity index (χ4n) is 1.03. The molecule has 0 saturated heterocycles. The van der Waals surface area contributed by atoms with Gasteiger partial charge in [-0.2, -0.15) is 0 Å². The quantitative estimate of drug-likeness (QED) is 0.765. The molecule has 15 heavy (non-hydrogen) atoms. The van der Waals surface area contributed by atoms with Crippen molar-refractivity contribution in [1.29, 1.82) is 0 Å². The van der Waals surface area contributed by atoms with Gasteiger partial charge in [0, 0.05) is 5.38 Å². The highest BCUT2D eigenvalue weighted by atomic mass is 32.1. The number of aromatic nitrogens is 4. The molecule has 0 fully saturated rings. The van der Waals surface area contributed by atoms with Gasteiger partial charge in [-0.05, 0) is 0 Å². The summed E-state index contributed by atoms with van der Waals surface area (Å²) < 4.78 is 1.40. The van der Waals surface area contributed by atoms with Crippen LogP contribution in [0.15, 0.2) is 11.6 Å². The number of anilines is 1. The van der Waals surface area contributed by atoms with Gasteiger partial charge in [0.05, 0.1) is 18.4 Å². The van der Waals surface area contributed by atoms with E-state index in [1.165, 1.54) is 22.2 Å². The van der Waals surface area contributed by atoms with Gasteiger partial charge in [-0.3, -0.25) is 0 Å². The molecule has 0 unspecified atom stereocenters. The first-order chi connectivity index (χ1) is 7.15. The molecule has 0 saturated carbocycles. The highest BCUT2D eigenvalue weighted by Crippen LogP contribution is 2.11. The Morgan fingerprint density at radius 2 is 2.47 bits per heavy atom. The van der Waals surface area contributed by atoms with Crippen molar-refractivity contribution in [2.75, 3.05) is 5.73 Å². The number of carboxylic acids is 1. The normalized spacial score (nSPS) is 10.4. The van der Waals surface area contributed by atoms with E-state index in [4.69, 9.17) is 10.8 Å². The summed E-state index contributed by atoms with van der Waals surface area (Å²) in [6, 6.07) is 0. The fourth-order valence-corrected chi connectivity index (χ4v) is 1.59. The maximum Gasteiger partial charge on any atom is 0.358 e. The Kier molecular flexibility index (Phi) is 2.34. The van der Waals surface area contributed by atoms with E-state index < -0.39 is 5.97 Å². The van der Waals surface area contributed by atoms with Gasteiger partial charge in [-0.15, -0.1) is 16.4 Å². The van der Waals surface area contributed by atoms with Crippen molar-refractivity contribution < 1.29 is 9.90 Å². The predicted molar refractivity (Wildman–Crippen MR) is 52.6 cm³/mol. The first-order valence-electron chi connectivity index (χ1n) is 3.98. The Morgan fingerprint density at radius 3 is 3.00 bits per heavy atom. The summed E-state index contributed by atoms with van der Waals surface area (Å²) in [6.07, 6.45) is 1.35. The summed E-state index contributed by atoms with van der Waals surface area (Å²) >= 11 is 1.33. The molecule has 0 bridgehead atoms. The number of nitrogen functional groups attached to an aromatic ring is 1. The van der Waals surface area contributed by atoms with Crippen molar-refractivity contribution in [3.8, 4) is 0 Å². The molecule has 8 heteroatoms. The van der Waals surface area contributed by atoms with Crippen LogP contribution < -0.4 is 5.73 Å². The van der Waals surface area contributed by atoms with Crippen LogP contribution in [-0.4, -0.2) is 31.1 Å². The molecule has 0 atom stereocenters. The topological polar surface area (TPSA) is 107 Å². The summed E-state index contributed by atoms with van der Waals surface area (Å²) in [5, 5.41) is 18.0. The number of carboxylic acid groups (broad SMARTS) is 1. The average Bonchev–Trinajstić information content (AvgIpc) is 2.76. The predicted octanol–water partition coefficient (Wildman–Crippen LogP) is 0.0633. The molecule has 3 N–H and O–H groups in total.